The molecule has 11 heavy (non-hydrogen) atoms. The van der Waals surface area contributed by atoms with Gasteiger partial charge >= 0.3 is 0 Å². The van der Waals surface area contributed by atoms with Crippen LogP contribution in [0.2, 0.25) is 0 Å². The van der Waals surface area contributed by atoms with Crippen LogP contribution in [0.25, 0.3) is 0 Å². The molecule has 2 heteroatoms. The molecule has 0 saturated heterocycles. The van der Waals surface area contributed by atoms with Crippen LogP contribution in [-0.2, 0) is 4.74 Å². The lowest BCUT2D eigenvalue weighted by Gasteiger charge is -1.96. The van der Waals surface area contributed by atoms with Gasteiger partial charge in [0.2, 0.25) is 0 Å². The SMILES string of the molecule is C=C(/C=C\C(=C)C(C)=N)OC. The highest BCUT2D eigenvalue weighted by molar-refractivity contribution is 5.97. The maximum atomic E-state index is 7.18. The molecule has 0 amide bonds. The van der Waals surface area contributed by atoms with Crippen LogP contribution in [0.3, 0.4) is 0 Å². The van der Waals surface area contributed by atoms with Gasteiger partial charge in [-0.05, 0) is 18.6 Å². The lowest BCUT2D eigenvalue weighted by molar-refractivity contribution is 0.309. The molecule has 0 aromatic heterocycles. The molecular formula is C9H13NO. The average Bonchev–Trinajstić information content (AvgIpc) is 1.99. The smallest absolute Gasteiger partial charge is 0.111 e. The van der Waals surface area contributed by atoms with Crippen LogP contribution in [-0.4, -0.2) is 12.8 Å². The summed E-state index contributed by atoms with van der Waals surface area (Å²) in [6, 6.07) is 0. The molecule has 0 unspecified atom stereocenters. The average molecular weight is 151 g/mol. The van der Waals surface area contributed by atoms with Gasteiger partial charge in [-0.15, -0.1) is 0 Å². The van der Waals surface area contributed by atoms with Crippen molar-refractivity contribution in [2.75, 3.05) is 7.11 Å². The number of rotatable bonds is 4. The number of methoxy groups -OCH3 is 1. The highest BCUT2D eigenvalue weighted by Crippen LogP contribution is 1.99. The molecule has 0 radical (unpaired) electrons. The van der Waals surface area contributed by atoms with E-state index in [0.29, 0.717) is 17.0 Å². The number of allylic oxidation sites excluding steroid dienone is 3. The van der Waals surface area contributed by atoms with E-state index < -0.39 is 0 Å². The second-order valence-electron chi connectivity index (χ2n) is 2.15. The minimum Gasteiger partial charge on any atom is -0.497 e. The molecule has 60 valence electrons. The van der Waals surface area contributed by atoms with E-state index in [2.05, 4.69) is 13.2 Å². The first-order valence-corrected chi connectivity index (χ1v) is 3.23. The van der Waals surface area contributed by atoms with Crippen molar-refractivity contribution in [3.05, 3.63) is 36.6 Å². The van der Waals surface area contributed by atoms with Gasteiger partial charge in [0, 0.05) is 5.71 Å². The lowest BCUT2D eigenvalue weighted by Crippen LogP contribution is -1.89. The van der Waals surface area contributed by atoms with E-state index in [1.54, 1.807) is 26.2 Å². The lowest BCUT2D eigenvalue weighted by atomic mass is 10.2. The summed E-state index contributed by atoms with van der Waals surface area (Å²) < 4.78 is 4.79. The van der Waals surface area contributed by atoms with E-state index in [4.69, 9.17) is 10.1 Å². The molecule has 0 aliphatic carbocycles. The van der Waals surface area contributed by atoms with Crippen LogP contribution in [0.5, 0.6) is 0 Å². The zero-order valence-electron chi connectivity index (χ0n) is 6.98. The van der Waals surface area contributed by atoms with Crippen molar-refractivity contribution in [3.8, 4) is 0 Å². The van der Waals surface area contributed by atoms with Gasteiger partial charge in [-0.1, -0.05) is 19.2 Å². The summed E-state index contributed by atoms with van der Waals surface area (Å²) >= 11 is 0. The molecule has 0 rings (SSSR count). The molecular weight excluding hydrogens is 138 g/mol. The molecule has 1 N–H and O–H groups in total. The highest BCUT2D eigenvalue weighted by atomic mass is 16.5. The van der Waals surface area contributed by atoms with Crippen LogP contribution in [0.1, 0.15) is 6.92 Å². The highest BCUT2D eigenvalue weighted by Gasteiger charge is 1.89. The van der Waals surface area contributed by atoms with Crippen LogP contribution in [0.15, 0.2) is 36.6 Å². The van der Waals surface area contributed by atoms with Crippen molar-refractivity contribution in [2.24, 2.45) is 0 Å². The minimum absolute atomic E-state index is 0.449. The zero-order chi connectivity index (χ0) is 8.85. The Balaban J connectivity index is 4.04. The third-order valence-electron chi connectivity index (χ3n) is 1.21. The van der Waals surface area contributed by atoms with E-state index in [0.717, 1.165) is 0 Å². The van der Waals surface area contributed by atoms with Gasteiger partial charge in [0.25, 0.3) is 0 Å². The van der Waals surface area contributed by atoms with Gasteiger partial charge < -0.3 is 10.1 Å². The summed E-state index contributed by atoms with van der Waals surface area (Å²) in [7, 11) is 1.55. The standard InChI is InChI=1S/C9H13NO/c1-7(9(3)10)5-6-8(2)11-4/h5-6,10H,1-2H2,3-4H3/b6-5-,10-9?. The number of ether oxygens (including phenoxy) is 1. The summed E-state index contributed by atoms with van der Waals surface area (Å²) in [6.45, 7) is 8.92. The van der Waals surface area contributed by atoms with Crippen molar-refractivity contribution in [1.29, 1.82) is 5.41 Å². The Labute approximate surface area is 67.4 Å². The van der Waals surface area contributed by atoms with Crippen LogP contribution < -0.4 is 0 Å². The van der Waals surface area contributed by atoms with Gasteiger partial charge in [0.15, 0.2) is 0 Å². The van der Waals surface area contributed by atoms with Crippen LogP contribution in [0, 0.1) is 5.41 Å². The monoisotopic (exact) mass is 151 g/mol. The molecule has 0 heterocycles. The van der Waals surface area contributed by atoms with Crippen LogP contribution >= 0.6 is 0 Å². The summed E-state index contributed by atoms with van der Waals surface area (Å²) in [5, 5.41) is 7.18. The second kappa shape index (κ2) is 4.50. The Morgan fingerprint density at radius 1 is 1.36 bits per heavy atom. The molecule has 0 aromatic carbocycles. The van der Waals surface area contributed by atoms with Gasteiger partial charge in [-0.2, -0.15) is 0 Å². The largest absolute Gasteiger partial charge is 0.497 e. The van der Waals surface area contributed by atoms with Crippen molar-refractivity contribution >= 4 is 5.71 Å². The predicted molar refractivity (Wildman–Crippen MR) is 47.8 cm³/mol. The molecule has 0 aliphatic rings. The molecule has 0 aliphatic heterocycles. The molecule has 0 spiro atoms. The molecule has 0 bridgehead atoms. The van der Waals surface area contributed by atoms with Crippen molar-refractivity contribution in [2.45, 2.75) is 6.92 Å². The Bertz CT molecular complexity index is 214. The molecule has 0 fully saturated rings. The van der Waals surface area contributed by atoms with Gasteiger partial charge in [0.05, 0.1) is 7.11 Å². The summed E-state index contributed by atoms with van der Waals surface area (Å²) in [5.74, 6) is 0.562. The normalized spacial score (nSPS) is 9.64. The summed E-state index contributed by atoms with van der Waals surface area (Å²) in [5.41, 5.74) is 1.12. The maximum absolute atomic E-state index is 7.18. The topological polar surface area (TPSA) is 33.1 Å². The first-order valence-electron chi connectivity index (χ1n) is 3.23. The van der Waals surface area contributed by atoms with Crippen molar-refractivity contribution in [1.82, 2.24) is 0 Å². The maximum Gasteiger partial charge on any atom is 0.111 e. The zero-order valence-corrected chi connectivity index (χ0v) is 6.98. The van der Waals surface area contributed by atoms with Gasteiger partial charge in [-0.25, -0.2) is 0 Å². The van der Waals surface area contributed by atoms with E-state index >= 15 is 0 Å². The summed E-state index contributed by atoms with van der Waals surface area (Å²) in [6.07, 6.45) is 3.38. The molecule has 0 saturated carbocycles. The second-order valence-corrected chi connectivity index (χ2v) is 2.15. The van der Waals surface area contributed by atoms with Gasteiger partial charge in [-0.3, -0.25) is 0 Å². The Morgan fingerprint density at radius 2 is 1.91 bits per heavy atom. The van der Waals surface area contributed by atoms with E-state index in [-0.39, 0.29) is 0 Å². The Kier molecular flexibility index (Phi) is 3.96. The quantitative estimate of drug-likeness (QED) is 0.373. The number of nitrogens with one attached hydrogen (secondary N) is 1. The first-order chi connectivity index (χ1) is 5.07. The minimum atomic E-state index is 0.449. The van der Waals surface area contributed by atoms with Crippen LogP contribution in [0.4, 0.5) is 0 Å². The third-order valence-corrected chi connectivity index (χ3v) is 1.21. The van der Waals surface area contributed by atoms with E-state index in [9.17, 15) is 0 Å². The first kappa shape index (κ1) is 9.69. The van der Waals surface area contributed by atoms with E-state index in [1.807, 2.05) is 0 Å². The van der Waals surface area contributed by atoms with Crippen molar-refractivity contribution < 1.29 is 4.74 Å². The number of hydrogen-bond acceptors (Lipinski definition) is 2. The fourth-order valence-electron chi connectivity index (χ4n) is 0.387. The Morgan fingerprint density at radius 3 is 2.27 bits per heavy atom. The fraction of sp³-hybridized carbons (Fsp3) is 0.222. The molecule has 0 atom stereocenters. The van der Waals surface area contributed by atoms with Crippen molar-refractivity contribution in [3.63, 3.8) is 0 Å². The predicted octanol–water partition coefficient (Wildman–Crippen LogP) is 2.30. The summed E-state index contributed by atoms with van der Waals surface area (Å²) in [4.78, 5) is 0. The van der Waals surface area contributed by atoms with Gasteiger partial charge in [0.1, 0.15) is 5.76 Å². The third kappa shape index (κ3) is 4.14. The fourth-order valence-corrected chi connectivity index (χ4v) is 0.387. The molecule has 2 nitrogen and oxygen atoms in total. The molecule has 0 aromatic rings. The van der Waals surface area contributed by atoms with E-state index in [1.165, 1.54) is 0 Å². The number of hydrogen-bond donors (Lipinski definition) is 1. The Hall–Kier alpha value is -1.31.